The Bertz CT molecular complexity index is 919. The first-order chi connectivity index (χ1) is 13.2. The Balaban J connectivity index is 1.48. The van der Waals surface area contributed by atoms with Gasteiger partial charge in [-0.05, 0) is 24.3 Å². The molecule has 4 rings (SSSR count). The molecule has 1 aliphatic heterocycles. The third-order valence-electron chi connectivity index (χ3n) is 5.03. The summed E-state index contributed by atoms with van der Waals surface area (Å²) in [6.07, 6.45) is 0. The number of alkyl halides is 2. The lowest BCUT2D eigenvalue weighted by Crippen LogP contribution is -2.46. The van der Waals surface area contributed by atoms with Crippen LogP contribution in [-0.2, 0) is 6.54 Å². The standard InChI is InChI=1S/C20H22F2N4O/c1-27-18-9-5-4-8-17(18)25-12-10-24(11-13-25)14-19-23-15-6-2-3-7-16(15)26(19)20(21)22/h2-9,20H,10-14H2,1H3. The van der Waals surface area contributed by atoms with Gasteiger partial charge in [-0.25, -0.2) is 4.98 Å². The van der Waals surface area contributed by atoms with Gasteiger partial charge >= 0.3 is 6.55 Å². The molecule has 1 fully saturated rings. The van der Waals surface area contributed by atoms with E-state index in [1.54, 1.807) is 25.3 Å². The van der Waals surface area contributed by atoms with E-state index in [9.17, 15) is 8.78 Å². The van der Waals surface area contributed by atoms with E-state index in [0.29, 0.717) is 23.4 Å². The maximum Gasteiger partial charge on any atom is 0.320 e. The van der Waals surface area contributed by atoms with Crippen LogP contribution in [-0.4, -0.2) is 47.7 Å². The molecule has 2 heterocycles. The van der Waals surface area contributed by atoms with Gasteiger partial charge in [0.15, 0.2) is 0 Å². The molecule has 7 heteroatoms. The number of ether oxygens (including phenoxy) is 1. The first-order valence-corrected chi connectivity index (χ1v) is 9.01. The maximum atomic E-state index is 13.6. The minimum Gasteiger partial charge on any atom is -0.495 e. The Morgan fingerprint density at radius 1 is 1.00 bits per heavy atom. The van der Waals surface area contributed by atoms with Gasteiger partial charge in [0.25, 0.3) is 0 Å². The lowest BCUT2D eigenvalue weighted by atomic mass is 10.2. The molecular weight excluding hydrogens is 350 g/mol. The van der Waals surface area contributed by atoms with Gasteiger partial charge in [0.2, 0.25) is 0 Å². The van der Waals surface area contributed by atoms with Crippen molar-refractivity contribution < 1.29 is 13.5 Å². The number of piperazine rings is 1. The summed E-state index contributed by atoms with van der Waals surface area (Å²) < 4.78 is 33.7. The fourth-order valence-electron chi connectivity index (χ4n) is 3.66. The molecule has 1 aliphatic rings. The summed E-state index contributed by atoms with van der Waals surface area (Å²) in [7, 11) is 1.67. The van der Waals surface area contributed by atoms with Crippen LogP contribution in [0, 0.1) is 0 Å². The molecule has 0 radical (unpaired) electrons. The van der Waals surface area contributed by atoms with Crippen LogP contribution in [0.1, 0.15) is 12.4 Å². The van der Waals surface area contributed by atoms with Crippen LogP contribution in [0.4, 0.5) is 14.5 Å². The number of rotatable bonds is 5. The van der Waals surface area contributed by atoms with Gasteiger partial charge in [-0.3, -0.25) is 9.47 Å². The summed E-state index contributed by atoms with van der Waals surface area (Å²) >= 11 is 0. The zero-order valence-electron chi connectivity index (χ0n) is 15.2. The average Bonchev–Trinajstić information content (AvgIpc) is 3.06. The van der Waals surface area contributed by atoms with Crippen molar-refractivity contribution in [1.29, 1.82) is 0 Å². The summed E-state index contributed by atoms with van der Waals surface area (Å²) in [5.74, 6) is 1.27. The minimum absolute atomic E-state index is 0.414. The summed E-state index contributed by atoms with van der Waals surface area (Å²) in [6.45, 7) is 1.01. The van der Waals surface area contributed by atoms with Crippen LogP contribution >= 0.6 is 0 Å². The largest absolute Gasteiger partial charge is 0.495 e. The summed E-state index contributed by atoms with van der Waals surface area (Å²) in [6, 6.07) is 15.0. The highest BCUT2D eigenvalue weighted by Crippen LogP contribution is 2.29. The van der Waals surface area contributed by atoms with E-state index in [-0.39, 0.29) is 0 Å². The number of anilines is 1. The quantitative estimate of drug-likeness (QED) is 0.683. The van der Waals surface area contributed by atoms with Crippen LogP contribution in [0.25, 0.3) is 11.0 Å². The molecule has 2 aromatic carbocycles. The van der Waals surface area contributed by atoms with Crippen molar-refractivity contribution in [3.63, 3.8) is 0 Å². The van der Waals surface area contributed by atoms with E-state index in [1.165, 1.54) is 0 Å². The van der Waals surface area contributed by atoms with E-state index >= 15 is 0 Å². The Morgan fingerprint density at radius 2 is 1.70 bits per heavy atom. The lowest BCUT2D eigenvalue weighted by Gasteiger charge is -2.36. The Morgan fingerprint density at radius 3 is 2.44 bits per heavy atom. The second-order valence-corrected chi connectivity index (χ2v) is 6.60. The highest BCUT2D eigenvalue weighted by atomic mass is 19.3. The van der Waals surface area contributed by atoms with Gasteiger partial charge < -0.3 is 9.64 Å². The first-order valence-electron chi connectivity index (χ1n) is 9.01. The van der Waals surface area contributed by atoms with Crippen LogP contribution in [0.2, 0.25) is 0 Å². The van der Waals surface area contributed by atoms with Crippen LogP contribution < -0.4 is 9.64 Å². The summed E-state index contributed by atoms with van der Waals surface area (Å²) in [5.41, 5.74) is 2.16. The van der Waals surface area contributed by atoms with E-state index in [2.05, 4.69) is 14.8 Å². The van der Waals surface area contributed by atoms with Crippen molar-refractivity contribution in [2.75, 3.05) is 38.2 Å². The van der Waals surface area contributed by atoms with Crippen molar-refractivity contribution in [2.45, 2.75) is 13.1 Å². The summed E-state index contributed by atoms with van der Waals surface area (Å²) in [5, 5.41) is 0. The highest BCUT2D eigenvalue weighted by Gasteiger charge is 2.23. The first kappa shape index (κ1) is 17.7. The molecule has 1 saturated heterocycles. The van der Waals surface area contributed by atoms with Crippen molar-refractivity contribution in [3.05, 3.63) is 54.4 Å². The van der Waals surface area contributed by atoms with Crippen molar-refractivity contribution in [2.24, 2.45) is 0 Å². The molecule has 0 bridgehead atoms. The van der Waals surface area contributed by atoms with Crippen molar-refractivity contribution >= 4 is 16.7 Å². The molecule has 0 saturated carbocycles. The molecule has 0 N–H and O–H groups in total. The third kappa shape index (κ3) is 3.47. The fraction of sp³-hybridized carbons (Fsp3) is 0.350. The maximum absolute atomic E-state index is 13.6. The zero-order chi connectivity index (χ0) is 18.8. The number of aromatic nitrogens is 2. The normalized spacial score (nSPS) is 15.6. The molecule has 3 aromatic rings. The van der Waals surface area contributed by atoms with Gasteiger partial charge in [0.1, 0.15) is 11.6 Å². The van der Waals surface area contributed by atoms with Gasteiger partial charge in [-0.15, -0.1) is 0 Å². The molecule has 0 unspecified atom stereocenters. The number of methoxy groups -OCH3 is 1. The number of benzene rings is 2. The number of imidazole rings is 1. The summed E-state index contributed by atoms with van der Waals surface area (Å²) in [4.78, 5) is 8.88. The predicted octanol–water partition coefficient (Wildman–Crippen LogP) is 3.76. The van der Waals surface area contributed by atoms with Gasteiger partial charge in [0, 0.05) is 26.2 Å². The van der Waals surface area contributed by atoms with Crippen LogP contribution in [0.5, 0.6) is 5.75 Å². The van der Waals surface area contributed by atoms with E-state index in [0.717, 1.165) is 42.2 Å². The highest BCUT2D eigenvalue weighted by molar-refractivity contribution is 5.76. The van der Waals surface area contributed by atoms with Gasteiger partial charge in [-0.1, -0.05) is 24.3 Å². The monoisotopic (exact) mass is 372 g/mol. The predicted molar refractivity (Wildman–Crippen MR) is 101 cm³/mol. The van der Waals surface area contributed by atoms with E-state index < -0.39 is 6.55 Å². The number of nitrogens with zero attached hydrogens (tertiary/aromatic N) is 4. The number of para-hydroxylation sites is 4. The molecule has 0 amide bonds. The Labute approximate surface area is 156 Å². The smallest absolute Gasteiger partial charge is 0.320 e. The molecule has 27 heavy (non-hydrogen) atoms. The van der Waals surface area contributed by atoms with E-state index in [1.807, 2.05) is 30.3 Å². The molecule has 0 aliphatic carbocycles. The van der Waals surface area contributed by atoms with Crippen molar-refractivity contribution in [3.8, 4) is 5.75 Å². The van der Waals surface area contributed by atoms with E-state index in [4.69, 9.17) is 4.74 Å². The Kier molecular flexibility index (Phi) is 4.94. The molecular formula is C20H22F2N4O. The Hall–Kier alpha value is -2.67. The van der Waals surface area contributed by atoms with Crippen LogP contribution in [0.15, 0.2) is 48.5 Å². The second-order valence-electron chi connectivity index (χ2n) is 6.60. The molecule has 5 nitrogen and oxygen atoms in total. The average molecular weight is 372 g/mol. The minimum atomic E-state index is -2.60. The topological polar surface area (TPSA) is 33.5 Å². The zero-order valence-corrected chi connectivity index (χ0v) is 15.2. The third-order valence-corrected chi connectivity index (χ3v) is 5.03. The van der Waals surface area contributed by atoms with Crippen molar-refractivity contribution in [1.82, 2.24) is 14.5 Å². The molecule has 1 aromatic heterocycles. The molecule has 142 valence electrons. The SMILES string of the molecule is COc1ccccc1N1CCN(Cc2nc3ccccc3n2C(F)F)CC1. The number of hydrogen-bond donors (Lipinski definition) is 0. The van der Waals surface area contributed by atoms with Crippen LogP contribution in [0.3, 0.4) is 0 Å². The van der Waals surface area contributed by atoms with Gasteiger partial charge in [0.05, 0.1) is 30.4 Å². The lowest BCUT2D eigenvalue weighted by molar-refractivity contribution is 0.0681. The molecule has 0 spiro atoms. The number of hydrogen-bond acceptors (Lipinski definition) is 4. The molecule has 0 atom stereocenters. The second kappa shape index (κ2) is 7.52. The number of fused-ring (bicyclic) bond motifs is 1. The van der Waals surface area contributed by atoms with Gasteiger partial charge in [-0.2, -0.15) is 8.78 Å². The number of halogens is 2. The fourth-order valence-corrected chi connectivity index (χ4v) is 3.66.